The Bertz CT molecular complexity index is 1600. The zero-order valence-corrected chi connectivity index (χ0v) is 23.8. The molecule has 1 saturated carbocycles. The monoisotopic (exact) mass is 550 g/mol. The molecule has 41 heavy (non-hydrogen) atoms. The second-order valence-corrected chi connectivity index (χ2v) is 12.0. The van der Waals surface area contributed by atoms with E-state index in [0.717, 1.165) is 29.1 Å². The number of primary amides is 1. The molecule has 0 bridgehead atoms. The highest BCUT2D eigenvalue weighted by Gasteiger charge is 2.30. The number of benzene rings is 3. The van der Waals surface area contributed by atoms with Crippen molar-refractivity contribution in [1.29, 1.82) is 0 Å². The van der Waals surface area contributed by atoms with E-state index in [1.807, 2.05) is 38.1 Å². The van der Waals surface area contributed by atoms with Gasteiger partial charge < -0.3 is 25.7 Å². The highest BCUT2D eigenvalue weighted by atomic mass is 16.5. The predicted octanol–water partition coefficient (Wildman–Crippen LogP) is 6.47. The van der Waals surface area contributed by atoms with Crippen LogP contribution in [0.5, 0.6) is 5.75 Å². The van der Waals surface area contributed by atoms with Crippen LogP contribution in [-0.2, 0) is 6.54 Å². The second-order valence-electron chi connectivity index (χ2n) is 12.0. The molecule has 0 radical (unpaired) electrons. The maximum absolute atomic E-state index is 13.6. The molecule has 4 N–H and O–H groups in total. The topological polar surface area (TPSA) is 98.4 Å². The van der Waals surface area contributed by atoms with Gasteiger partial charge in [-0.05, 0) is 86.7 Å². The van der Waals surface area contributed by atoms with Gasteiger partial charge in [-0.25, -0.2) is 0 Å². The fourth-order valence-electron chi connectivity index (χ4n) is 6.38. The van der Waals surface area contributed by atoms with Gasteiger partial charge >= 0.3 is 0 Å². The summed E-state index contributed by atoms with van der Waals surface area (Å²) in [5.41, 5.74) is 11.7. The van der Waals surface area contributed by atoms with E-state index in [0.29, 0.717) is 30.2 Å². The van der Waals surface area contributed by atoms with Crippen molar-refractivity contribution in [3.8, 4) is 17.0 Å². The zero-order valence-electron chi connectivity index (χ0n) is 23.8. The first-order valence-corrected chi connectivity index (χ1v) is 14.7. The average Bonchev–Trinajstić information content (AvgIpc) is 3.17. The summed E-state index contributed by atoms with van der Waals surface area (Å²) in [6.07, 6.45) is 6.22. The summed E-state index contributed by atoms with van der Waals surface area (Å²) in [5.74, 6) is 0.879. The van der Waals surface area contributed by atoms with E-state index in [1.54, 1.807) is 12.1 Å². The number of rotatable bonds is 7. The van der Waals surface area contributed by atoms with Gasteiger partial charge in [0.05, 0.1) is 17.8 Å². The summed E-state index contributed by atoms with van der Waals surface area (Å²) >= 11 is 0. The summed E-state index contributed by atoms with van der Waals surface area (Å²) in [5, 5.41) is 7.81. The lowest BCUT2D eigenvalue weighted by atomic mass is 9.81. The van der Waals surface area contributed by atoms with Crippen LogP contribution in [0.25, 0.3) is 22.2 Å². The van der Waals surface area contributed by atoms with Gasteiger partial charge in [0, 0.05) is 39.8 Å². The molecule has 1 aliphatic heterocycles. The van der Waals surface area contributed by atoms with E-state index in [9.17, 15) is 9.59 Å². The van der Waals surface area contributed by atoms with Crippen molar-refractivity contribution in [1.82, 2.24) is 9.88 Å². The van der Waals surface area contributed by atoms with Gasteiger partial charge in [0.25, 0.3) is 5.91 Å². The van der Waals surface area contributed by atoms with Crippen LogP contribution in [0.3, 0.4) is 0 Å². The lowest BCUT2D eigenvalue weighted by molar-refractivity contribution is 0.0916. The maximum atomic E-state index is 13.6. The highest BCUT2D eigenvalue weighted by molar-refractivity contribution is 6.01. The SMILES string of the molecule is CC(C)(CNc1ccc(C(N)=O)cc1)NC(=O)c1ccc2c(C3CCCCC3)c3n(c2c1)CCOc1ccccc1-3. The number of para-hydroxylation sites is 1. The Hall–Kier alpha value is -4.26. The molecular formula is C34H38N4O3. The number of fused-ring (bicyclic) bond motifs is 5. The van der Waals surface area contributed by atoms with E-state index < -0.39 is 11.4 Å². The van der Waals surface area contributed by atoms with E-state index in [2.05, 4.69) is 45.5 Å². The molecule has 2 heterocycles. The Labute approximate surface area is 241 Å². The molecule has 0 unspecified atom stereocenters. The number of nitrogens with two attached hydrogens (primary N) is 1. The first-order valence-electron chi connectivity index (χ1n) is 14.7. The van der Waals surface area contributed by atoms with Crippen LogP contribution < -0.4 is 21.1 Å². The highest BCUT2D eigenvalue weighted by Crippen LogP contribution is 2.47. The lowest BCUT2D eigenvalue weighted by Gasteiger charge is -2.27. The van der Waals surface area contributed by atoms with Crippen LogP contribution >= 0.6 is 0 Å². The van der Waals surface area contributed by atoms with E-state index in [4.69, 9.17) is 10.5 Å². The summed E-state index contributed by atoms with van der Waals surface area (Å²) in [4.78, 5) is 24.9. The minimum atomic E-state index is -0.523. The van der Waals surface area contributed by atoms with Crippen molar-refractivity contribution in [2.75, 3.05) is 18.5 Å². The van der Waals surface area contributed by atoms with E-state index in [1.165, 1.54) is 48.7 Å². The summed E-state index contributed by atoms with van der Waals surface area (Å²) in [7, 11) is 0. The van der Waals surface area contributed by atoms with Gasteiger partial charge in [0.15, 0.2) is 0 Å². The number of anilines is 1. The van der Waals surface area contributed by atoms with Gasteiger partial charge in [-0.3, -0.25) is 9.59 Å². The van der Waals surface area contributed by atoms with Gasteiger partial charge in [-0.15, -0.1) is 0 Å². The number of carbonyl (C=O) groups excluding carboxylic acids is 2. The quantitative estimate of drug-likeness (QED) is 0.246. The van der Waals surface area contributed by atoms with Crippen molar-refractivity contribution in [3.05, 3.63) is 83.4 Å². The first-order chi connectivity index (χ1) is 19.8. The van der Waals surface area contributed by atoms with Crippen molar-refractivity contribution in [2.45, 2.75) is 64.0 Å². The molecule has 6 rings (SSSR count). The standard InChI is InChI=1S/C34H38N4O3/c1-34(2,21-36-25-15-12-23(13-16-25)32(35)39)37-33(40)24-14-17-26-28(20-24)38-18-19-41-29-11-7-6-10-27(29)31(38)30(26)22-8-4-3-5-9-22/h6-7,10-17,20,22,36H,3-5,8-9,18-19,21H2,1-2H3,(H2,35,39)(H,37,40). The summed E-state index contributed by atoms with van der Waals surface area (Å²) in [6, 6.07) is 21.5. The van der Waals surface area contributed by atoms with Crippen LogP contribution in [0.1, 0.15) is 78.1 Å². The van der Waals surface area contributed by atoms with Crippen LogP contribution in [0.2, 0.25) is 0 Å². The molecule has 1 aliphatic carbocycles. The maximum Gasteiger partial charge on any atom is 0.251 e. The molecular weight excluding hydrogens is 512 g/mol. The number of amides is 2. The normalized spacial score (nSPS) is 15.4. The molecule has 0 spiro atoms. The molecule has 0 saturated heterocycles. The Balaban J connectivity index is 1.30. The molecule has 2 aliphatic rings. The third-order valence-corrected chi connectivity index (χ3v) is 8.45. The van der Waals surface area contributed by atoms with Gasteiger partial charge in [0.1, 0.15) is 12.4 Å². The molecule has 1 fully saturated rings. The Morgan fingerprint density at radius 3 is 2.46 bits per heavy atom. The Kier molecular flexibility index (Phi) is 7.20. The van der Waals surface area contributed by atoms with Gasteiger partial charge in [-0.2, -0.15) is 0 Å². The number of nitrogens with one attached hydrogen (secondary N) is 2. The van der Waals surface area contributed by atoms with Gasteiger partial charge in [0.2, 0.25) is 5.91 Å². The Morgan fingerprint density at radius 1 is 0.976 bits per heavy atom. The number of hydrogen-bond acceptors (Lipinski definition) is 4. The third-order valence-electron chi connectivity index (χ3n) is 8.45. The number of aromatic nitrogens is 1. The minimum absolute atomic E-state index is 0.109. The smallest absolute Gasteiger partial charge is 0.251 e. The number of hydrogen-bond donors (Lipinski definition) is 3. The molecule has 3 aromatic carbocycles. The number of ether oxygens (including phenoxy) is 1. The van der Waals surface area contributed by atoms with E-state index in [-0.39, 0.29) is 5.91 Å². The minimum Gasteiger partial charge on any atom is -0.491 e. The lowest BCUT2D eigenvalue weighted by Crippen LogP contribution is -2.48. The Morgan fingerprint density at radius 2 is 1.71 bits per heavy atom. The second kappa shape index (κ2) is 11.0. The summed E-state index contributed by atoms with van der Waals surface area (Å²) < 4.78 is 8.55. The predicted molar refractivity (Wildman–Crippen MR) is 164 cm³/mol. The molecule has 1 aromatic heterocycles. The molecule has 7 nitrogen and oxygen atoms in total. The zero-order chi connectivity index (χ0) is 28.6. The van der Waals surface area contributed by atoms with Crippen molar-refractivity contribution >= 4 is 28.4 Å². The van der Waals surface area contributed by atoms with Crippen LogP contribution in [-0.4, -0.2) is 35.1 Å². The van der Waals surface area contributed by atoms with Crippen molar-refractivity contribution in [2.24, 2.45) is 5.73 Å². The van der Waals surface area contributed by atoms with E-state index >= 15 is 0 Å². The number of carbonyl (C=O) groups is 2. The average molecular weight is 551 g/mol. The van der Waals surface area contributed by atoms with Crippen LogP contribution in [0.4, 0.5) is 5.69 Å². The molecule has 4 aromatic rings. The fourth-order valence-corrected chi connectivity index (χ4v) is 6.38. The third kappa shape index (κ3) is 5.41. The van der Waals surface area contributed by atoms with Crippen LogP contribution in [0.15, 0.2) is 66.7 Å². The number of nitrogens with zero attached hydrogens (tertiary/aromatic N) is 1. The molecule has 7 heteroatoms. The van der Waals surface area contributed by atoms with Crippen molar-refractivity contribution < 1.29 is 14.3 Å². The van der Waals surface area contributed by atoms with Crippen molar-refractivity contribution in [3.63, 3.8) is 0 Å². The van der Waals surface area contributed by atoms with Gasteiger partial charge in [-0.1, -0.05) is 37.5 Å². The van der Waals surface area contributed by atoms with Crippen LogP contribution in [0, 0.1) is 0 Å². The molecule has 0 atom stereocenters. The molecule has 212 valence electrons. The largest absolute Gasteiger partial charge is 0.491 e. The first kappa shape index (κ1) is 26.9. The molecule has 2 amide bonds. The summed E-state index contributed by atoms with van der Waals surface area (Å²) in [6.45, 7) is 5.83. The fraction of sp³-hybridized carbons (Fsp3) is 0.353.